The van der Waals surface area contributed by atoms with E-state index in [1.165, 1.54) is 45.0 Å². The lowest BCUT2D eigenvalue weighted by Crippen LogP contribution is -2.56. The van der Waals surface area contributed by atoms with Crippen molar-refractivity contribution >= 4 is 23.7 Å². The van der Waals surface area contributed by atoms with Crippen molar-refractivity contribution in [2.75, 3.05) is 0 Å². The predicted octanol–water partition coefficient (Wildman–Crippen LogP) is -1.78. The van der Waals surface area contributed by atoms with E-state index in [4.69, 9.17) is 5.73 Å². The summed E-state index contributed by atoms with van der Waals surface area (Å²) < 4.78 is 0. The topological polar surface area (TPSA) is 191 Å². The molecule has 0 saturated heterocycles. The lowest BCUT2D eigenvalue weighted by atomic mass is 10.1. The lowest BCUT2D eigenvalue weighted by molar-refractivity contribution is -0.142. The van der Waals surface area contributed by atoms with Crippen molar-refractivity contribution in [1.29, 1.82) is 0 Å². The Morgan fingerprint density at radius 2 is 1.37 bits per heavy atom. The van der Waals surface area contributed by atoms with Crippen LogP contribution in [-0.2, 0) is 25.6 Å². The van der Waals surface area contributed by atoms with Crippen LogP contribution in [0.1, 0.15) is 26.3 Å². The van der Waals surface area contributed by atoms with Crippen molar-refractivity contribution in [3.63, 3.8) is 0 Å². The molecule has 5 atom stereocenters. The average Bonchev–Trinajstić information content (AvgIpc) is 2.67. The molecule has 166 valence electrons. The third-order valence-corrected chi connectivity index (χ3v) is 4.32. The number of rotatable bonds is 10. The summed E-state index contributed by atoms with van der Waals surface area (Å²) in [5.74, 6) is -3.38. The summed E-state index contributed by atoms with van der Waals surface area (Å²) in [4.78, 5) is 47.8. The van der Waals surface area contributed by atoms with E-state index < -0.39 is 54.0 Å². The zero-order chi connectivity index (χ0) is 23.0. The van der Waals surface area contributed by atoms with Crippen LogP contribution in [0.5, 0.6) is 5.75 Å². The third-order valence-electron chi connectivity index (χ3n) is 4.32. The predicted molar refractivity (Wildman–Crippen MR) is 106 cm³/mol. The number of phenols is 1. The molecule has 0 aliphatic rings. The maximum absolute atomic E-state index is 12.3. The van der Waals surface area contributed by atoms with Crippen LogP contribution in [0.3, 0.4) is 0 Å². The Labute approximate surface area is 173 Å². The van der Waals surface area contributed by atoms with Crippen molar-refractivity contribution in [2.45, 2.75) is 57.5 Å². The standard InChI is InChI=1S/C19H28N4O7/c1-9(22-18(28)15(20)11(3)24)16(26)21-10(2)17(27)23-14(19(29)30)8-12-4-6-13(25)7-5-12/h4-7,9-11,14-15,24-25H,8,20H2,1-3H3,(H,21,26)(H,22,28)(H,23,27)(H,29,30). The van der Waals surface area contributed by atoms with Crippen molar-refractivity contribution in [1.82, 2.24) is 16.0 Å². The SMILES string of the molecule is CC(NC(=O)C(C)NC(=O)C(N)C(C)O)C(=O)NC(Cc1ccc(O)cc1)C(=O)O. The molecule has 3 amide bonds. The minimum Gasteiger partial charge on any atom is -0.508 e. The van der Waals surface area contributed by atoms with Gasteiger partial charge in [-0.05, 0) is 38.5 Å². The molecule has 5 unspecified atom stereocenters. The van der Waals surface area contributed by atoms with Crippen LogP contribution in [-0.4, -0.2) is 69.3 Å². The third kappa shape index (κ3) is 7.68. The number of nitrogens with two attached hydrogens (primary N) is 1. The molecule has 0 bridgehead atoms. The second kappa shape index (κ2) is 11.1. The Bertz CT molecular complexity index is 767. The maximum Gasteiger partial charge on any atom is 0.326 e. The number of hydrogen-bond acceptors (Lipinski definition) is 7. The zero-order valence-electron chi connectivity index (χ0n) is 17.0. The number of amides is 3. The van der Waals surface area contributed by atoms with Gasteiger partial charge in [-0.1, -0.05) is 12.1 Å². The quantitative estimate of drug-likeness (QED) is 0.229. The smallest absolute Gasteiger partial charge is 0.326 e. The highest BCUT2D eigenvalue weighted by atomic mass is 16.4. The van der Waals surface area contributed by atoms with Gasteiger partial charge >= 0.3 is 5.97 Å². The Morgan fingerprint density at radius 3 is 1.83 bits per heavy atom. The molecule has 0 radical (unpaired) electrons. The van der Waals surface area contributed by atoms with Gasteiger partial charge in [0.05, 0.1) is 6.10 Å². The van der Waals surface area contributed by atoms with E-state index in [1.807, 2.05) is 0 Å². The number of aromatic hydroxyl groups is 1. The summed E-state index contributed by atoms with van der Waals surface area (Å²) in [5.41, 5.74) is 6.07. The van der Waals surface area contributed by atoms with Crippen LogP contribution in [0.2, 0.25) is 0 Å². The molecular formula is C19H28N4O7. The molecule has 0 saturated carbocycles. The molecule has 11 nitrogen and oxygen atoms in total. The minimum atomic E-state index is -1.26. The van der Waals surface area contributed by atoms with Crippen LogP contribution < -0.4 is 21.7 Å². The molecular weight excluding hydrogens is 396 g/mol. The lowest BCUT2D eigenvalue weighted by Gasteiger charge is -2.22. The highest BCUT2D eigenvalue weighted by Gasteiger charge is 2.27. The van der Waals surface area contributed by atoms with Gasteiger partial charge in [-0.3, -0.25) is 14.4 Å². The van der Waals surface area contributed by atoms with E-state index in [1.54, 1.807) is 0 Å². The number of nitrogens with one attached hydrogen (secondary N) is 3. The second-order valence-electron chi connectivity index (χ2n) is 7.00. The molecule has 0 fully saturated rings. The van der Waals surface area contributed by atoms with Crippen molar-refractivity contribution in [3.05, 3.63) is 29.8 Å². The van der Waals surface area contributed by atoms with E-state index >= 15 is 0 Å². The van der Waals surface area contributed by atoms with Gasteiger partial charge in [0.2, 0.25) is 17.7 Å². The fourth-order valence-corrected chi connectivity index (χ4v) is 2.36. The molecule has 30 heavy (non-hydrogen) atoms. The number of aliphatic hydroxyl groups excluding tert-OH is 1. The summed E-state index contributed by atoms with van der Waals surface area (Å²) in [6.45, 7) is 4.07. The van der Waals surface area contributed by atoms with E-state index in [0.29, 0.717) is 5.56 Å². The van der Waals surface area contributed by atoms with Gasteiger partial charge in [-0.2, -0.15) is 0 Å². The molecule has 0 aliphatic heterocycles. The van der Waals surface area contributed by atoms with E-state index in [-0.39, 0.29) is 12.2 Å². The first-order chi connectivity index (χ1) is 13.9. The van der Waals surface area contributed by atoms with Crippen LogP contribution in [0, 0.1) is 0 Å². The second-order valence-corrected chi connectivity index (χ2v) is 7.00. The minimum absolute atomic E-state index is 0.0221. The summed E-state index contributed by atoms with van der Waals surface area (Å²) >= 11 is 0. The van der Waals surface area contributed by atoms with Gasteiger partial charge in [0.25, 0.3) is 0 Å². The maximum atomic E-state index is 12.3. The number of hydrogen-bond donors (Lipinski definition) is 7. The first-order valence-corrected chi connectivity index (χ1v) is 9.27. The molecule has 0 heterocycles. The molecule has 11 heteroatoms. The van der Waals surface area contributed by atoms with Crippen LogP contribution in [0.15, 0.2) is 24.3 Å². The van der Waals surface area contributed by atoms with Gasteiger partial charge in [0.1, 0.15) is 29.9 Å². The Kier molecular flexibility index (Phi) is 9.21. The molecule has 0 aliphatic carbocycles. The number of phenolic OH excluding ortho intramolecular Hbond substituents is 1. The zero-order valence-corrected chi connectivity index (χ0v) is 17.0. The first-order valence-electron chi connectivity index (χ1n) is 9.27. The Balaban J connectivity index is 2.64. The summed E-state index contributed by atoms with van der Waals surface area (Å²) in [5, 5.41) is 35.0. The molecule has 1 aromatic carbocycles. The number of aliphatic hydroxyl groups is 1. The number of carboxylic acids is 1. The molecule has 8 N–H and O–H groups in total. The number of carboxylic acid groups (broad SMARTS) is 1. The number of benzene rings is 1. The highest BCUT2D eigenvalue weighted by molar-refractivity contribution is 5.93. The highest BCUT2D eigenvalue weighted by Crippen LogP contribution is 2.11. The van der Waals surface area contributed by atoms with Gasteiger partial charge in [0, 0.05) is 6.42 Å². The van der Waals surface area contributed by atoms with E-state index in [0.717, 1.165) is 0 Å². The van der Waals surface area contributed by atoms with E-state index in [2.05, 4.69) is 16.0 Å². The Hall–Kier alpha value is -3.18. The monoisotopic (exact) mass is 424 g/mol. The molecule has 1 rings (SSSR count). The summed E-state index contributed by atoms with van der Waals surface area (Å²) in [6, 6.07) is 1.29. The van der Waals surface area contributed by atoms with Crippen molar-refractivity contribution in [2.24, 2.45) is 5.73 Å². The van der Waals surface area contributed by atoms with E-state index in [9.17, 15) is 34.5 Å². The van der Waals surface area contributed by atoms with Gasteiger partial charge < -0.3 is 37.0 Å². The summed E-state index contributed by atoms with van der Waals surface area (Å²) in [7, 11) is 0. The van der Waals surface area contributed by atoms with Gasteiger partial charge in [0.15, 0.2) is 0 Å². The molecule has 0 spiro atoms. The average molecular weight is 424 g/mol. The number of aliphatic carboxylic acids is 1. The molecule has 0 aromatic heterocycles. The Morgan fingerprint density at radius 1 is 0.900 bits per heavy atom. The van der Waals surface area contributed by atoms with Gasteiger partial charge in [-0.25, -0.2) is 4.79 Å². The largest absolute Gasteiger partial charge is 0.508 e. The molecule has 1 aromatic rings. The van der Waals surface area contributed by atoms with Crippen LogP contribution in [0.4, 0.5) is 0 Å². The number of carbonyl (C=O) groups excluding carboxylic acids is 3. The fraction of sp³-hybridized carbons (Fsp3) is 0.474. The first kappa shape index (κ1) is 24.9. The summed E-state index contributed by atoms with van der Waals surface area (Å²) in [6.07, 6.45) is -1.13. The normalized spacial score (nSPS) is 15.8. The van der Waals surface area contributed by atoms with Crippen LogP contribution in [0.25, 0.3) is 0 Å². The fourth-order valence-electron chi connectivity index (χ4n) is 2.36. The van der Waals surface area contributed by atoms with Gasteiger partial charge in [-0.15, -0.1) is 0 Å². The van der Waals surface area contributed by atoms with Crippen molar-refractivity contribution < 1.29 is 34.5 Å². The van der Waals surface area contributed by atoms with Crippen molar-refractivity contribution in [3.8, 4) is 5.75 Å². The number of carbonyl (C=O) groups is 4. The van der Waals surface area contributed by atoms with Crippen LogP contribution >= 0.6 is 0 Å².